The van der Waals surface area contributed by atoms with E-state index in [9.17, 15) is 13.9 Å². The van der Waals surface area contributed by atoms with Crippen molar-refractivity contribution in [3.05, 3.63) is 41.3 Å². The van der Waals surface area contributed by atoms with Crippen molar-refractivity contribution < 1.29 is 13.9 Å². The van der Waals surface area contributed by atoms with E-state index in [2.05, 4.69) is 15.3 Å². The molecule has 0 aromatic carbocycles. The lowest BCUT2D eigenvalue weighted by Gasteiger charge is -2.30. The molecule has 3 rings (SSSR count). The van der Waals surface area contributed by atoms with Gasteiger partial charge >= 0.3 is 0 Å². The maximum atomic E-state index is 13.4. The van der Waals surface area contributed by atoms with Crippen LogP contribution in [0.2, 0.25) is 5.15 Å². The van der Waals surface area contributed by atoms with Gasteiger partial charge in [-0.1, -0.05) is 17.7 Å². The summed E-state index contributed by atoms with van der Waals surface area (Å²) in [5.74, 6) is -2.56. The molecule has 2 aromatic rings. The first-order valence-electron chi connectivity index (χ1n) is 8.63. The molecule has 0 saturated heterocycles. The molecule has 1 aliphatic rings. The number of hydrogen-bond acceptors (Lipinski definition) is 4. The van der Waals surface area contributed by atoms with Crippen LogP contribution in [0.15, 0.2) is 30.6 Å². The summed E-state index contributed by atoms with van der Waals surface area (Å²) in [6, 6.07) is 5.26. The fraction of sp³-hybridized carbons (Fsp3) is 0.474. The third kappa shape index (κ3) is 4.48. The number of aromatic nitrogens is 2. The summed E-state index contributed by atoms with van der Waals surface area (Å²) in [7, 11) is 0. The van der Waals surface area contributed by atoms with Crippen LogP contribution in [-0.2, 0) is 5.60 Å². The normalized spacial score (nSPS) is 17.9. The van der Waals surface area contributed by atoms with Gasteiger partial charge in [-0.15, -0.1) is 0 Å². The lowest BCUT2D eigenvalue weighted by Crippen LogP contribution is -2.32. The first kappa shape index (κ1) is 19.0. The third-order valence-electron chi connectivity index (χ3n) is 4.69. The second-order valence-electron chi connectivity index (χ2n) is 7.32. The Bertz CT molecular complexity index is 765. The Balaban J connectivity index is 1.84. The second-order valence-corrected chi connectivity index (χ2v) is 7.71. The van der Waals surface area contributed by atoms with Gasteiger partial charge in [0.05, 0.1) is 11.3 Å². The molecule has 2 N–H and O–H groups in total. The van der Waals surface area contributed by atoms with Crippen LogP contribution in [0.5, 0.6) is 0 Å². The number of nitrogens with zero attached hydrogens (tertiary/aromatic N) is 2. The van der Waals surface area contributed by atoms with E-state index in [1.165, 1.54) is 0 Å². The number of aliphatic hydroxyl groups is 1. The molecule has 1 aliphatic carbocycles. The Labute approximate surface area is 156 Å². The van der Waals surface area contributed by atoms with E-state index in [1.54, 1.807) is 38.4 Å². The van der Waals surface area contributed by atoms with Crippen molar-refractivity contribution in [1.82, 2.24) is 9.97 Å². The third-order valence-corrected chi connectivity index (χ3v) is 4.90. The molecular weight excluding hydrogens is 360 g/mol. The minimum atomic E-state index is -2.56. The lowest BCUT2D eigenvalue weighted by molar-refractivity contribution is -0.0360. The minimum Gasteiger partial charge on any atom is -0.386 e. The van der Waals surface area contributed by atoms with Gasteiger partial charge in [-0.05, 0) is 38.8 Å². The van der Waals surface area contributed by atoms with E-state index in [1.807, 2.05) is 6.07 Å². The topological polar surface area (TPSA) is 58.0 Å². The van der Waals surface area contributed by atoms with Gasteiger partial charge in [-0.3, -0.25) is 4.98 Å². The van der Waals surface area contributed by atoms with Gasteiger partial charge in [0.2, 0.25) is 5.92 Å². The number of alkyl halides is 2. The Hall–Kier alpha value is -1.79. The average Bonchev–Trinajstić information content (AvgIpc) is 2.56. The molecule has 0 amide bonds. The van der Waals surface area contributed by atoms with E-state index in [-0.39, 0.29) is 18.9 Å². The van der Waals surface area contributed by atoms with Crippen LogP contribution in [-0.4, -0.2) is 27.0 Å². The zero-order valence-electron chi connectivity index (χ0n) is 14.8. The van der Waals surface area contributed by atoms with Crippen molar-refractivity contribution in [3.63, 3.8) is 0 Å². The molecule has 0 atom stereocenters. The SMILES string of the molecule is CC(C)(O)c1ccc(-c2cnc(Cl)cc2NC2CCC(F)(F)CC2)nc1. The summed E-state index contributed by atoms with van der Waals surface area (Å²) in [4.78, 5) is 8.54. The first-order chi connectivity index (χ1) is 12.1. The smallest absolute Gasteiger partial charge is 0.248 e. The van der Waals surface area contributed by atoms with E-state index in [0.717, 1.165) is 11.3 Å². The predicted octanol–water partition coefficient (Wildman–Crippen LogP) is 5.01. The van der Waals surface area contributed by atoms with Gasteiger partial charge in [0.25, 0.3) is 0 Å². The van der Waals surface area contributed by atoms with Crippen molar-refractivity contribution >= 4 is 17.3 Å². The van der Waals surface area contributed by atoms with Crippen molar-refractivity contribution in [1.29, 1.82) is 0 Å². The molecular formula is C19H22ClF2N3O. The monoisotopic (exact) mass is 381 g/mol. The molecule has 0 unspecified atom stereocenters. The highest BCUT2D eigenvalue weighted by Crippen LogP contribution is 2.36. The van der Waals surface area contributed by atoms with Gasteiger partial charge in [-0.2, -0.15) is 0 Å². The van der Waals surface area contributed by atoms with Crippen LogP contribution in [0.4, 0.5) is 14.5 Å². The van der Waals surface area contributed by atoms with Crippen LogP contribution in [0.25, 0.3) is 11.3 Å². The number of pyridine rings is 2. The van der Waals surface area contributed by atoms with Crippen molar-refractivity contribution in [2.45, 2.75) is 57.1 Å². The largest absolute Gasteiger partial charge is 0.386 e. The molecule has 0 aliphatic heterocycles. The summed E-state index contributed by atoms with van der Waals surface area (Å²) in [5, 5.41) is 13.7. The summed E-state index contributed by atoms with van der Waals surface area (Å²) >= 11 is 6.03. The predicted molar refractivity (Wildman–Crippen MR) is 98.5 cm³/mol. The molecule has 1 saturated carbocycles. The fourth-order valence-corrected chi connectivity index (χ4v) is 3.23. The molecule has 0 radical (unpaired) electrons. The molecule has 4 nitrogen and oxygen atoms in total. The standard InChI is InChI=1S/C19H22ClF2N3O/c1-18(2,26)12-3-4-15(23-10-12)14-11-24-17(20)9-16(14)25-13-5-7-19(21,22)8-6-13/h3-4,9-11,13,26H,5-8H2,1-2H3,(H,24,25). The highest BCUT2D eigenvalue weighted by molar-refractivity contribution is 6.29. The lowest BCUT2D eigenvalue weighted by atomic mass is 9.92. The van der Waals surface area contributed by atoms with Crippen molar-refractivity contribution in [2.75, 3.05) is 5.32 Å². The van der Waals surface area contributed by atoms with Crippen LogP contribution in [0, 0.1) is 0 Å². The Morgan fingerprint density at radius 2 is 1.88 bits per heavy atom. The Kier molecular flexibility index (Phi) is 5.17. The molecule has 7 heteroatoms. The van der Waals surface area contributed by atoms with Crippen LogP contribution < -0.4 is 5.32 Å². The summed E-state index contributed by atoms with van der Waals surface area (Å²) < 4.78 is 26.7. The van der Waals surface area contributed by atoms with E-state index in [0.29, 0.717) is 29.3 Å². The van der Waals surface area contributed by atoms with Gasteiger partial charge in [0, 0.05) is 48.1 Å². The molecule has 140 valence electrons. The fourth-order valence-electron chi connectivity index (χ4n) is 3.07. The Morgan fingerprint density at radius 1 is 1.19 bits per heavy atom. The molecule has 0 bridgehead atoms. The number of anilines is 1. The summed E-state index contributed by atoms with van der Waals surface area (Å²) in [5.41, 5.74) is 1.87. The number of nitrogens with one attached hydrogen (secondary N) is 1. The van der Waals surface area contributed by atoms with Gasteiger partial charge < -0.3 is 10.4 Å². The number of hydrogen-bond donors (Lipinski definition) is 2. The van der Waals surface area contributed by atoms with Gasteiger partial charge in [0.1, 0.15) is 5.15 Å². The molecule has 0 spiro atoms. The maximum Gasteiger partial charge on any atom is 0.248 e. The van der Waals surface area contributed by atoms with Crippen molar-refractivity contribution in [3.8, 4) is 11.3 Å². The van der Waals surface area contributed by atoms with Crippen LogP contribution in [0.1, 0.15) is 45.1 Å². The number of rotatable bonds is 4. The summed E-state index contributed by atoms with van der Waals surface area (Å²) in [6.45, 7) is 3.39. The van der Waals surface area contributed by atoms with E-state index >= 15 is 0 Å². The summed E-state index contributed by atoms with van der Waals surface area (Å²) in [6.07, 6.45) is 3.81. The molecule has 1 fully saturated rings. The highest BCUT2D eigenvalue weighted by atomic mass is 35.5. The highest BCUT2D eigenvalue weighted by Gasteiger charge is 2.35. The van der Waals surface area contributed by atoms with Gasteiger partial charge in [-0.25, -0.2) is 13.8 Å². The van der Waals surface area contributed by atoms with Gasteiger partial charge in [0.15, 0.2) is 0 Å². The maximum absolute atomic E-state index is 13.4. The first-order valence-corrected chi connectivity index (χ1v) is 9.01. The second kappa shape index (κ2) is 7.08. The zero-order chi connectivity index (χ0) is 18.9. The van der Waals surface area contributed by atoms with E-state index in [4.69, 9.17) is 11.6 Å². The molecule has 2 heterocycles. The zero-order valence-corrected chi connectivity index (χ0v) is 15.5. The Morgan fingerprint density at radius 3 is 2.46 bits per heavy atom. The number of halogens is 3. The molecule has 2 aromatic heterocycles. The molecule has 26 heavy (non-hydrogen) atoms. The van der Waals surface area contributed by atoms with Crippen LogP contribution >= 0.6 is 11.6 Å². The van der Waals surface area contributed by atoms with Crippen molar-refractivity contribution in [2.24, 2.45) is 0 Å². The minimum absolute atomic E-state index is 0.0394. The quantitative estimate of drug-likeness (QED) is 0.730. The average molecular weight is 382 g/mol. The van der Waals surface area contributed by atoms with E-state index < -0.39 is 11.5 Å². The van der Waals surface area contributed by atoms with Crippen LogP contribution in [0.3, 0.4) is 0 Å².